The van der Waals surface area contributed by atoms with Gasteiger partial charge in [0.1, 0.15) is 0 Å². The van der Waals surface area contributed by atoms with Gasteiger partial charge in [-0.15, -0.1) is 0 Å². The summed E-state index contributed by atoms with van der Waals surface area (Å²) in [6.07, 6.45) is 3.45. The molecule has 1 aliphatic heterocycles. The van der Waals surface area contributed by atoms with Gasteiger partial charge in [0.2, 0.25) is 5.95 Å². The number of nitrogens with zero attached hydrogens (tertiary/aromatic N) is 5. The van der Waals surface area contributed by atoms with Crippen LogP contribution in [0.3, 0.4) is 0 Å². The molecule has 2 aromatic rings. The van der Waals surface area contributed by atoms with Crippen molar-refractivity contribution in [2.45, 2.75) is 13.0 Å². The van der Waals surface area contributed by atoms with Crippen molar-refractivity contribution in [2.24, 2.45) is 0 Å². The number of piperazine rings is 1. The van der Waals surface area contributed by atoms with Crippen molar-refractivity contribution >= 4 is 12.0 Å². The van der Waals surface area contributed by atoms with E-state index in [0.29, 0.717) is 37.7 Å². The van der Waals surface area contributed by atoms with Crippen LogP contribution in [0, 0.1) is 11.3 Å². The topological polar surface area (TPSA) is 85.2 Å². The van der Waals surface area contributed by atoms with Gasteiger partial charge in [-0.25, -0.2) is 14.8 Å². The molecule has 1 saturated heterocycles. The standard InChI is InChI=1S/C18H20N6O/c1-14(16-5-3-15(13-19)4-6-16)22-18(25)24-11-9-23(10-12-24)17-20-7-2-8-21-17/h2-8,14H,9-12H2,1H3,(H,22,25)/t14-/m0/s1. The Labute approximate surface area is 146 Å². The smallest absolute Gasteiger partial charge is 0.317 e. The molecule has 1 atom stereocenters. The highest BCUT2D eigenvalue weighted by molar-refractivity contribution is 5.75. The number of nitrogens with one attached hydrogen (secondary N) is 1. The number of hydrogen-bond acceptors (Lipinski definition) is 5. The van der Waals surface area contributed by atoms with Crippen molar-refractivity contribution in [3.8, 4) is 6.07 Å². The summed E-state index contributed by atoms with van der Waals surface area (Å²) < 4.78 is 0. The van der Waals surface area contributed by atoms with Gasteiger partial charge in [-0.2, -0.15) is 5.26 Å². The number of benzene rings is 1. The minimum absolute atomic E-state index is 0.0783. The Kier molecular flexibility index (Phi) is 5.09. The molecule has 0 bridgehead atoms. The summed E-state index contributed by atoms with van der Waals surface area (Å²) in [6.45, 7) is 4.62. The highest BCUT2D eigenvalue weighted by Gasteiger charge is 2.23. The second kappa shape index (κ2) is 7.62. The van der Waals surface area contributed by atoms with Crippen molar-refractivity contribution in [3.05, 3.63) is 53.9 Å². The molecule has 25 heavy (non-hydrogen) atoms. The Morgan fingerprint density at radius 2 is 1.80 bits per heavy atom. The van der Waals surface area contributed by atoms with E-state index in [1.54, 1.807) is 35.5 Å². The Hall–Kier alpha value is -3.14. The lowest BCUT2D eigenvalue weighted by Crippen LogP contribution is -2.52. The van der Waals surface area contributed by atoms with Gasteiger partial charge in [0.25, 0.3) is 0 Å². The van der Waals surface area contributed by atoms with Crippen LogP contribution in [0.2, 0.25) is 0 Å². The van der Waals surface area contributed by atoms with E-state index >= 15 is 0 Å². The fourth-order valence-electron chi connectivity index (χ4n) is 2.77. The van der Waals surface area contributed by atoms with Gasteiger partial charge < -0.3 is 15.1 Å². The lowest BCUT2D eigenvalue weighted by molar-refractivity contribution is 0.191. The maximum atomic E-state index is 12.5. The van der Waals surface area contributed by atoms with Crippen LogP contribution in [-0.2, 0) is 0 Å². The van der Waals surface area contributed by atoms with Crippen molar-refractivity contribution in [1.82, 2.24) is 20.2 Å². The number of carbonyl (C=O) groups excluding carboxylic acids is 1. The predicted molar refractivity (Wildman–Crippen MR) is 93.9 cm³/mol. The molecule has 0 spiro atoms. The Bertz CT molecular complexity index is 747. The van der Waals surface area contributed by atoms with E-state index in [-0.39, 0.29) is 12.1 Å². The van der Waals surface area contributed by atoms with E-state index < -0.39 is 0 Å². The van der Waals surface area contributed by atoms with E-state index in [1.165, 1.54) is 0 Å². The van der Waals surface area contributed by atoms with Gasteiger partial charge in [-0.05, 0) is 30.7 Å². The van der Waals surface area contributed by atoms with Crippen LogP contribution in [0.15, 0.2) is 42.7 Å². The number of anilines is 1. The average molecular weight is 336 g/mol. The molecule has 3 rings (SSSR count). The van der Waals surface area contributed by atoms with Crippen LogP contribution < -0.4 is 10.2 Å². The van der Waals surface area contributed by atoms with E-state index in [2.05, 4.69) is 26.3 Å². The Morgan fingerprint density at radius 1 is 1.16 bits per heavy atom. The molecule has 1 aromatic heterocycles. The number of urea groups is 1. The first-order valence-electron chi connectivity index (χ1n) is 8.25. The lowest BCUT2D eigenvalue weighted by atomic mass is 10.1. The van der Waals surface area contributed by atoms with Gasteiger partial charge >= 0.3 is 6.03 Å². The fraction of sp³-hybridized carbons (Fsp3) is 0.333. The SMILES string of the molecule is C[C@H](NC(=O)N1CCN(c2ncccn2)CC1)c1ccc(C#N)cc1. The van der Waals surface area contributed by atoms with Gasteiger partial charge in [0.05, 0.1) is 17.7 Å². The highest BCUT2D eigenvalue weighted by Crippen LogP contribution is 2.15. The molecule has 1 aromatic carbocycles. The Morgan fingerprint density at radius 3 is 2.40 bits per heavy atom. The summed E-state index contributed by atoms with van der Waals surface area (Å²) in [5, 5.41) is 11.9. The van der Waals surface area contributed by atoms with Gasteiger partial charge in [-0.3, -0.25) is 0 Å². The quantitative estimate of drug-likeness (QED) is 0.926. The van der Waals surface area contributed by atoms with E-state index in [4.69, 9.17) is 5.26 Å². The molecule has 1 fully saturated rings. The Balaban J connectivity index is 1.53. The number of amides is 2. The molecule has 0 saturated carbocycles. The normalized spacial score (nSPS) is 15.4. The summed E-state index contributed by atoms with van der Waals surface area (Å²) >= 11 is 0. The molecule has 128 valence electrons. The first-order chi connectivity index (χ1) is 12.2. The monoisotopic (exact) mass is 336 g/mol. The maximum absolute atomic E-state index is 12.5. The van der Waals surface area contributed by atoms with Crippen molar-refractivity contribution in [2.75, 3.05) is 31.1 Å². The third-order valence-electron chi connectivity index (χ3n) is 4.28. The van der Waals surface area contributed by atoms with Crippen LogP contribution in [0.1, 0.15) is 24.1 Å². The summed E-state index contributed by atoms with van der Waals surface area (Å²) in [5.74, 6) is 0.702. The number of aromatic nitrogens is 2. The summed E-state index contributed by atoms with van der Waals surface area (Å²) in [5.41, 5.74) is 1.59. The second-order valence-corrected chi connectivity index (χ2v) is 5.93. The van der Waals surface area contributed by atoms with Crippen molar-refractivity contribution in [1.29, 1.82) is 5.26 Å². The largest absolute Gasteiger partial charge is 0.337 e. The first kappa shape index (κ1) is 16.7. The molecule has 0 unspecified atom stereocenters. The highest BCUT2D eigenvalue weighted by atomic mass is 16.2. The van der Waals surface area contributed by atoms with Crippen LogP contribution in [0.4, 0.5) is 10.7 Å². The van der Waals surface area contributed by atoms with Crippen LogP contribution >= 0.6 is 0 Å². The van der Waals surface area contributed by atoms with Crippen LogP contribution in [-0.4, -0.2) is 47.1 Å². The second-order valence-electron chi connectivity index (χ2n) is 5.93. The number of nitriles is 1. The van der Waals surface area contributed by atoms with E-state index in [1.807, 2.05) is 19.1 Å². The summed E-state index contributed by atoms with van der Waals surface area (Å²) in [7, 11) is 0. The number of carbonyl (C=O) groups is 1. The zero-order chi connectivity index (χ0) is 17.6. The predicted octanol–water partition coefficient (Wildman–Crippen LogP) is 1.94. The molecule has 0 aliphatic carbocycles. The van der Waals surface area contributed by atoms with E-state index in [9.17, 15) is 4.79 Å². The van der Waals surface area contributed by atoms with Crippen molar-refractivity contribution < 1.29 is 4.79 Å². The van der Waals surface area contributed by atoms with Crippen molar-refractivity contribution in [3.63, 3.8) is 0 Å². The molecule has 2 amide bonds. The summed E-state index contributed by atoms with van der Waals surface area (Å²) in [6, 6.07) is 10.9. The third-order valence-corrected chi connectivity index (χ3v) is 4.28. The molecule has 1 N–H and O–H groups in total. The minimum Gasteiger partial charge on any atom is -0.337 e. The van der Waals surface area contributed by atoms with E-state index in [0.717, 1.165) is 5.56 Å². The maximum Gasteiger partial charge on any atom is 0.317 e. The average Bonchev–Trinajstić information content (AvgIpc) is 2.68. The van der Waals surface area contributed by atoms with Gasteiger partial charge in [-0.1, -0.05) is 12.1 Å². The fourth-order valence-corrected chi connectivity index (χ4v) is 2.77. The molecule has 1 aliphatic rings. The first-order valence-corrected chi connectivity index (χ1v) is 8.25. The van der Waals surface area contributed by atoms with Gasteiger partial charge in [0, 0.05) is 38.6 Å². The molecule has 0 radical (unpaired) electrons. The molecule has 2 heterocycles. The van der Waals surface area contributed by atoms with Gasteiger partial charge in [0.15, 0.2) is 0 Å². The minimum atomic E-state index is -0.115. The molecule has 7 nitrogen and oxygen atoms in total. The zero-order valence-electron chi connectivity index (χ0n) is 14.1. The van der Waals surface area contributed by atoms with Crippen LogP contribution in [0.25, 0.3) is 0 Å². The molecular formula is C18H20N6O. The summed E-state index contributed by atoms with van der Waals surface area (Å²) in [4.78, 5) is 24.8. The number of hydrogen-bond donors (Lipinski definition) is 1. The molecular weight excluding hydrogens is 316 g/mol. The molecule has 7 heteroatoms. The number of rotatable bonds is 3. The third kappa shape index (κ3) is 4.04. The zero-order valence-corrected chi connectivity index (χ0v) is 14.1. The van der Waals surface area contributed by atoms with Crippen LogP contribution in [0.5, 0.6) is 0 Å². The lowest BCUT2D eigenvalue weighted by Gasteiger charge is -2.35.